The Balaban J connectivity index is 2.81. The molecule has 0 aliphatic heterocycles. The molecule has 124 valence electrons. The zero-order chi connectivity index (χ0) is 17.5. The maximum atomic E-state index is 12.2. The second-order valence-corrected chi connectivity index (χ2v) is 6.00. The third kappa shape index (κ3) is 6.91. The van der Waals surface area contributed by atoms with Gasteiger partial charge in [0, 0.05) is 12.5 Å². The molecular weight excluding hydrogens is 294 g/mol. The number of hydrogen-bond acceptors (Lipinski definition) is 4. The highest BCUT2D eigenvalue weighted by Crippen LogP contribution is 2.09. The normalized spacial score (nSPS) is 11.3. The molecule has 0 aliphatic carbocycles. The standard InChI is InChI=1S/C18H23NO4/c1-5-15(20)19(13-17(22)23-18(2,3)4)16(21)12-11-14-9-7-6-8-10-14/h6-12H,5,13H2,1-4H3/b12-11+. The van der Waals surface area contributed by atoms with E-state index in [-0.39, 0.29) is 13.0 Å². The first-order valence-corrected chi connectivity index (χ1v) is 7.52. The summed E-state index contributed by atoms with van der Waals surface area (Å²) in [6, 6.07) is 9.24. The SMILES string of the molecule is CCC(=O)N(CC(=O)OC(C)(C)C)C(=O)/C=C/c1ccccc1. The van der Waals surface area contributed by atoms with Gasteiger partial charge in [0.15, 0.2) is 0 Å². The van der Waals surface area contributed by atoms with E-state index in [1.165, 1.54) is 6.08 Å². The Morgan fingerprint density at radius 1 is 1.13 bits per heavy atom. The van der Waals surface area contributed by atoms with Gasteiger partial charge < -0.3 is 4.74 Å². The lowest BCUT2D eigenvalue weighted by molar-refractivity contribution is -0.161. The van der Waals surface area contributed by atoms with Gasteiger partial charge in [0.2, 0.25) is 5.91 Å². The molecule has 5 nitrogen and oxygen atoms in total. The van der Waals surface area contributed by atoms with Crippen molar-refractivity contribution < 1.29 is 19.1 Å². The van der Waals surface area contributed by atoms with E-state index in [4.69, 9.17) is 4.74 Å². The van der Waals surface area contributed by atoms with E-state index in [1.807, 2.05) is 30.3 Å². The molecule has 1 rings (SSSR count). The monoisotopic (exact) mass is 317 g/mol. The molecule has 5 heteroatoms. The number of esters is 1. The number of carbonyl (C=O) groups excluding carboxylic acids is 3. The summed E-state index contributed by atoms with van der Waals surface area (Å²) in [6.45, 7) is 6.44. The fourth-order valence-electron chi connectivity index (χ4n) is 1.80. The van der Waals surface area contributed by atoms with Crippen molar-refractivity contribution in [1.82, 2.24) is 4.90 Å². The van der Waals surface area contributed by atoms with Gasteiger partial charge >= 0.3 is 5.97 Å². The fourth-order valence-corrected chi connectivity index (χ4v) is 1.80. The topological polar surface area (TPSA) is 63.7 Å². The summed E-state index contributed by atoms with van der Waals surface area (Å²) in [4.78, 5) is 36.9. The van der Waals surface area contributed by atoms with E-state index in [2.05, 4.69) is 0 Å². The Kier molecular flexibility index (Phi) is 6.69. The molecule has 0 heterocycles. The van der Waals surface area contributed by atoms with Crippen LogP contribution in [0.5, 0.6) is 0 Å². The lowest BCUT2D eigenvalue weighted by atomic mass is 10.2. The van der Waals surface area contributed by atoms with Crippen LogP contribution >= 0.6 is 0 Å². The van der Waals surface area contributed by atoms with Crippen LogP contribution in [0.15, 0.2) is 36.4 Å². The summed E-state index contributed by atoms with van der Waals surface area (Å²) >= 11 is 0. The molecule has 0 aromatic heterocycles. The second-order valence-electron chi connectivity index (χ2n) is 6.00. The van der Waals surface area contributed by atoms with Gasteiger partial charge in [-0.1, -0.05) is 37.3 Å². The summed E-state index contributed by atoms with van der Waals surface area (Å²) in [5.74, 6) is -1.56. The molecule has 0 unspecified atom stereocenters. The number of hydrogen-bond donors (Lipinski definition) is 0. The largest absolute Gasteiger partial charge is 0.459 e. The minimum absolute atomic E-state index is 0.133. The van der Waals surface area contributed by atoms with Crippen LogP contribution in [-0.2, 0) is 19.1 Å². The highest BCUT2D eigenvalue weighted by molar-refractivity contribution is 6.04. The fraction of sp³-hybridized carbons (Fsp3) is 0.389. The first kappa shape index (κ1) is 18.6. The lowest BCUT2D eigenvalue weighted by Crippen LogP contribution is -2.41. The Morgan fingerprint density at radius 3 is 2.26 bits per heavy atom. The molecule has 0 fully saturated rings. The lowest BCUT2D eigenvalue weighted by Gasteiger charge is -2.23. The van der Waals surface area contributed by atoms with Crippen molar-refractivity contribution in [2.24, 2.45) is 0 Å². The zero-order valence-electron chi connectivity index (χ0n) is 14.0. The maximum absolute atomic E-state index is 12.2. The first-order valence-electron chi connectivity index (χ1n) is 7.52. The van der Waals surface area contributed by atoms with Crippen molar-refractivity contribution in [2.45, 2.75) is 39.7 Å². The molecule has 0 radical (unpaired) electrons. The number of ether oxygens (including phenoxy) is 1. The molecule has 2 amide bonds. The van der Waals surface area contributed by atoms with Crippen LogP contribution in [0, 0.1) is 0 Å². The third-order valence-electron chi connectivity index (χ3n) is 2.79. The highest BCUT2D eigenvalue weighted by Gasteiger charge is 2.24. The van der Waals surface area contributed by atoms with E-state index < -0.39 is 23.4 Å². The quantitative estimate of drug-likeness (QED) is 0.619. The van der Waals surface area contributed by atoms with Gasteiger partial charge in [0.05, 0.1) is 0 Å². The van der Waals surface area contributed by atoms with Gasteiger partial charge in [-0.25, -0.2) is 0 Å². The van der Waals surface area contributed by atoms with Crippen molar-refractivity contribution >= 4 is 23.9 Å². The summed E-state index contributed by atoms with van der Waals surface area (Å²) in [7, 11) is 0. The molecule has 0 spiro atoms. The predicted molar refractivity (Wildman–Crippen MR) is 88.3 cm³/mol. The number of carbonyl (C=O) groups is 3. The minimum Gasteiger partial charge on any atom is -0.459 e. The number of benzene rings is 1. The average molecular weight is 317 g/mol. The van der Waals surface area contributed by atoms with E-state index >= 15 is 0 Å². The first-order chi connectivity index (χ1) is 10.7. The minimum atomic E-state index is -0.666. The summed E-state index contributed by atoms with van der Waals surface area (Å²) in [6.07, 6.45) is 3.02. The number of imide groups is 1. The Labute approximate surface area is 136 Å². The van der Waals surface area contributed by atoms with Crippen LogP contribution in [0.2, 0.25) is 0 Å². The molecule has 0 atom stereocenters. The molecule has 1 aromatic carbocycles. The van der Waals surface area contributed by atoms with Crippen molar-refractivity contribution in [3.8, 4) is 0 Å². The summed E-state index contributed by atoms with van der Waals surface area (Å²) in [5.41, 5.74) is 0.169. The second kappa shape index (κ2) is 8.27. The van der Waals surface area contributed by atoms with Crippen molar-refractivity contribution in [3.63, 3.8) is 0 Å². The molecule has 0 aliphatic rings. The van der Waals surface area contributed by atoms with Crippen molar-refractivity contribution in [2.75, 3.05) is 6.54 Å². The van der Waals surface area contributed by atoms with Gasteiger partial charge in [-0.2, -0.15) is 0 Å². The highest BCUT2D eigenvalue weighted by atomic mass is 16.6. The number of nitrogens with zero attached hydrogens (tertiary/aromatic N) is 1. The van der Waals surface area contributed by atoms with Crippen LogP contribution in [0.4, 0.5) is 0 Å². The van der Waals surface area contributed by atoms with Crippen LogP contribution < -0.4 is 0 Å². The smallest absolute Gasteiger partial charge is 0.326 e. The summed E-state index contributed by atoms with van der Waals surface area (Å²) in [5, 5.41) is 0. The Hall–Kier alpha value is -2.43. The van der Waals surface area contributed by atoms with E-state index in [0.717, 1.165) is 10.5 Å². The molecule has 0 saturated heterocycles. The molecule has 0 N–H and O–H groups in total. The van der Waals surface area contributed by atoms with Gasteiger partial charge in [0.1, 0.15) is 12.1 Å². The molecule has 0 saturated carbocycles. The number of rotatable bonds is 5. The third-order valence-corrected chi connectivity index (χ3v) is 2.79. The van der Waals surface area contributed by atoms with Gasteiger partial charge in [-0.15, -0.1) is 0 Å². The molecular formula is C18H23NO4. The van der Waals surface area contributed by atoms with Crippen LogP contribution in [0.3, 0.4) is 0 Å². The molecule has 0 bridgehead atoms. The van der Waals surface area contributed by atoms with Gasteiger partial charge in [0.25, 0.3) is 5.91 Å². The van der Waals surface area contributed by atoms with Crippen molar-refractivity contribution in [1.29, 1.82) is 0 Å². The maximum Gasteiger partial charge on any atom is 0.326 e. The van der Waals surface area contributed by atoms with Gasteiger partial charge in [-0.3, -0.25) is 19.3 Å². The van der Waals surface area contributed by atoms with Crippen LogP contribution in [0.25, 0.3) is 6.08 Å². The van der Waals surface area contributed by atoms with E-state index in [9.17, 15) is 14.4 Å². The Bertz CT molecular complexity index is 585. The Morgan fingerprint density at radius 2 is 1.74 bits per heavy atom. The van der Waals surface area contributed by atoms with Crippen LogP contribution in [0.1, 0.15) is 39.7 Å². The van der Waals surface area contributed by atoms with E-state index in [1.54, 1.807) is 33.8 Å². The molecule has 1 aromatic rings. The zero-order valence-corrected chi connectivity index (χ0v) is 14.0. The molecule has 23 heavy (non-hydrogen) atoms. The van der Waals surface area contributed by atoms with E-state index in [0.29, 0.717) is 0 Å². The van der Waals surface area contributed by atoms with Crippen LogP contribution in [-0.4, -0.2) is 34.8 Å². The van der Waals surface area contributed by atoms with Gasteiger partial charge in [-0.05, 0) is 32.4 Å². The predicted octanol–water partition coefficient (Wildman–Crippen LogP) is 2.81. The summed E-state index contributed by atoms with van der Waals surface area (Å²) < 4.78 is 5.17. The van der Waals surface area contributed by atoms with Crippen molar-refractivity contribution in [3.05, 3.63) is 42.0 Å². The average Bonchev–Trinajstić information content (AvgIpc) is 2.49. The number of amides is 2.